The van der Waals surface area contributed by atoms with Crippen LogP contribution >= 0.6 is 21.7 Å². The Morgan fingerprint density at radius 3 is 1.35 bits per heavy atom. The first kappa shape index (κ1) is 49.5. The summed E-state index contributed by atoms with van der Waals surface area (Å²) in [5.74, 6) is 0.199. The Morgan fingerprint density at radius 2 is 0.961 bits per heavy atom. The topological polar surface area (TPSA) is 73.9 Å². The number of unbranched alkanes of at least 4 members (excludes halogenated alkanes) is 16. The summed E-state index contributed by atoms with van der Waals surface area (Å²) in [4.78, 5) is 25.2. The van der Waals surface area contributed by atoms with Crippen LogP contribution in [0, 0.1) is 0 Å². The van der Waals surface area contributed by atoms with Gasteiger partial charge in [0.25, 0.3) is 0 Å². The summed E-state index contributed by atoms with van der Waals surface area (Å²) in [6.07, 6.45) is 44.1. The minimum atomic E-state index is -0.816. The molecular weight excluding hydrogens is 678 g/mol. The van der Waals surface area contributed by atoms with Gasteiger partial charge in [-0.1, -0.05) is 138 Å². The molecule has 0 spiro atoms. The van der Waals surface area contributed by atoms with Gasteiger partial charge in [-0.05, 0) is 87.7 Å². The number of carbonyl (C=O) groups is 2. The largest absolute Gasteiger partial charge is 0.463 e. The normalized spacial score (nSPS) is 12.3. The Labute approximate surface area is 322 Å². The van der Waals surface area contributed by atoms with Crippen LogP contribution in [-0.2, 0) is 23.8 Å². The summed E-state index contributed by atoms with van der Waals surface area (Å²) < 4.78 is 16.9. The summed E-state index contributed by atoms with van der Waals surface area (Å²) in [6.45, 7) is 5.44. The fourth-order valence-electron chi connectivity index (χ4n) is 5.65. The SMILES string of the molecule is CCCCC/C=C\C/C=C\CCCCCCCC(=O)OCC(COC)(COC(=O)CCCCCCC/C=C\C/C=C\CCCCC)NCCSCl. The van der Waals surface area contributed by atoms with E-state index < -0.39 is 5.54 Å². The lowest BCUT2D eigenvalue weighted by molar-refractivity contribution is -0.153. The maximum absolute atomic E-state index is 12.6. The zero-order valence-corrected chi connectivity index (χ0v) is 34.5. The lowest BCUT2D eigenvalue weighted by Gasteiger charge is -2.33. The van der Waals surface area contributed by atoms with Crippen LogP contribution in [-0.4, -0.2) is 56.7 Å². The second kappa shape index (κ2) is 39.7. The van der Waals surface area contributed by atoms with Crippen LogP contribution in [0.1, 0.15) is 168 Å². The highest BCUT2D eigenvalue weighted by Gasteiger charge is 2.33. The van der Waals surface area contributed by atoms with E-state index in [2.05, 4.69) is 67.8 Å². The second-order valence-corrected chi connectivity index (χ2v) is 15.0. The molecule has 0 atom stereocenters. The minimum absolute atomic E-state index is 0.0733. The first-order valence-electron chi connectivity index (χ1n) is 20.4. The molecule has 8 heteroatoms. The van der Waals surface area contributed by atoms with E-state index in [9.17, 15) is 9.59 Å². The summed E-state index contributed by atoms with van der Waals surface area (Å²) >= 11 is 0. The van der Waals surface area contributed by atoms with Crippen molar-refractivity contribution >= 4 is 33.6 Å². The van der Waals surface area contributed by atoms with E-state index >= 15 is 0 Å². The fourth-order valence-corrected chi connectivity index (χ4v) is 6.06. The number of nitrogens with one attached hydrogen (secondary N) is 1. The van der Waals surface area contributed by atoms with Crippen LogP contribution in [0.15, 0.2) is 48.6 Å². The molecule has 6 nitrogen and oxygen atoms in total. The number of allylic oxidation sites excluding steroid dienone is 8. The lowest BCUT2D eigenvalue weighted by Crippen LogP contribution is -2.57. The number of hydrogen-bond donors (Lipinski definition) is 1. The van der Waals surface area contributed by atoms with Crippen LogP contribution in [0.25, 0.3) is 0 Å². The molecule has 0 unspecified atom stereocenters. The number of esters is 2. The van der Waals surface area contributed by atoms with Crippen molar-refractivity contribution in [3.8, 4) is 0 Å². The molecule has 0 saturated heterocycles. The summed E-state index contributed by atoms with van der Waals surface area (Å²) in [5, 5.41) is 3.39. The van der Waals surface area contributed by atoms with Crippen molar-refractivity contribution in [1.82, 2.24) is 5.32 Å². The first-order valence-corrected chi connectivity index (χ1v) is 22.2. The quantitative estimate of drug-likeness (QED) is 0.0382. The van der Waals surface area contributed by atoms with Crippen molar-refractivity contribution < 1.29 is 23.8 Å². The molecule has 0 heterocycles. The maximum Gasteiger partial charge on any atom is 0.305 e. The van der Waals surface area contributed by atoms with Crippen molar-refractivity contribution in [2.45, 2.75) is 173 Å². The van der Waals surface area contributed by atoms with Gasteiger partial charge < -0.3 is 19.5 Å². The molecule has 0 bridgehead atoms. The van der Waals surface area contributed by atoms with Crippen LogP contribution in [0.4, 0.5) is 0 Å². The monoisotopic (exact) mass is 754 g/mol. The number of ether oxygens (including phenoxy) is 3. The van der Waals surface area contributed by atoms with E-state index in [1.165, 1.54) is 88.0 Å². The van der Waals surface area contributed by atoms with Crippen LogP contribution in [0.3, 0.4) is 0 Å². The molecule has 0 aromatic carbocycles. The van der Waals surface area contributed by atoms with E-state index in [0.717, 1.165) is 64.2 Å². The lowest BCUT2D eigenvalue weighted by atomic mass is 10.0. The predicted octanol–water partition coefficient (Wildman–Crippen LogP) is 12.6. The molecule has 0 aliphatic rings. The molecule has 0 aromatic rings. The first-order chi connectivity index (χ1) is 25.0. The Bertz CT molecular complexity index is 845. The number of carbonyl (C=O) groups excluding carboxylic acids is 2. The molecule has 0 aliphatic heterocycles. The Kier molecular flexibility index (Phi) is 38.5. The van der Waals surface area contributed by atoms with Gasteiger partial charge in [0.2, 0.25) is 0 Å². The van der Waals surface area contributed by atoms with Gasteiger partial charge in [-0.15, -0.1) is 0 Å². The van der Waals surface area contributed by atoms with Crippen LogP contribution in [0.5, 0.6) is 0 Å². The van der Waals surface area contributed by atoms with Gasteiger partial charge in [-0.3, -0.25) is 9.59 Å². The zero-order chi connectivity index (χ0) is 37.4. The molecule has 0 fully saturated rings. The average molecular weight is 755 g/mol. The third-order valence-electron chi connectivity index (χ3n) is 8.78. The van der Waals surface area contributed by atoms with E-state index in [0.29, 0.717) is 25.1 Å². The van der Waals surface area contributed by atoms with E-state index in [1.807, 2.05) is 0 Å². The van der Waals surface area contributed by atoms with Gasteiger partial charge in [0.1, 0.15) is 18.8 Å². The smallest absolute Gasteiger partial charge is 0.305 e. The molecule has 296 valence electrons. The Balaban J connectivity index is 4.25. The standard InChI is InChI=1S/C43H76ClNO5S/c1-4-6-8-10-12-14-16-18-20-22-24-26-28-30-32-34-41(46)49-39-43(38-48-3,45-36-37-51-44)40-50-42(47)35-33-31-29-27-25-23-21-19-17-15-13-11-9-7-5-2/h12-15,18-21,45H,4-11,16-17,22-40H2,1-3H3/b14-12-,15-13-,20-18-,21-19-. The molecular formula is C43H76ClNO5S. The van der Waals surface area contributed by atoms with Crippen molar-refractivity contribution in [2.75, 3.05) is 39.2 Å². The van der Waals surface area contributed by atoms with Crippen LogP contribution in [0.2, 0.25) is 0 Å². The maximum atomic E-state index is 12.6. The summed E-state index contributed by atoms with van der Waals surface area (Å²) in [7, 11) is 8.64. The van der Waals surface area contributed by atoms with Crippen molar-refractivity contribution in [3.63, 3.8) is 0 Å². The third kappa shape index (κ3) is 35.3. The fraction of sp³-hybridized carbons (Fsp3) is 0.767. The second-order valence-electron chi connectivity index (χ2n) is 13.7. The number of rotatable bonds is 38. The van der Waals surface area contributed by atoms with Crippen LogP contribution < -0.4 is 5.32 Å². The number of hydrogen-bond acceptors (Lipinski definition) is 7. The van der Waals surface area contributed by atoms with Gasteiger partial charge in [0.15, 0.2) is 0 Å². The molecule has 51 heavy (non-hydrogen) atoms. The van der Waals surface area contributed by atoms with Crippen molar-refractivity contribution in [3.05, 3.63) is 48.6 Å². The predicted molar refractivity (Wildman–Crippen MR) is 222 cm³/mol. The van der Waals surface area contributed by atoms with Gasteiger partial charge in [0, 0.05) is 32.2 Å². The molecule has 0 rings (SSSR count). The summed E-state index contributed by atoms with van der Waals surface area (Å²) in [6, 6.07) is 0. The van der Waals surface area contributed by atoms with Gasteiger partial charge in [0.05, 0.1) is 6.61 Å². The van der Waals surface area contributed by atoms with E-state index in [4.69, 9.17) is 24.9 Å². The van der Waals surface area contributed by atoms with E-state index in [-0.39, 0.29) is 31.8 Å². The molecule has 0 saturated carbocycles. The van der Waals surface area contributed by atoms with Gasteiger partial charge >= 0.3 is 11.9 Å². The highest BCUT2D eigenvalue weighted by atomic mass is 35.7. The van der Waals surface area contributed by atoms with Gasteiger partial charge in [-0.2, -0.15) is 0 Å². The average Bonchev–Trinajstić information content (AvgIpc) is 3.13. The Hall–Kier alpha value is -1.54. The zero-order valence-electron chi connectivity index (χ0n) is 33.0. The summed E-state index contributed by atoms with van der Waals surface area (Å²) in [5.41, 5.74) is -0.816. The molecule has 0 aliphatic carbocycles. The van der Waals surface area contributed by atoms with E-state index in [1.54, 1.807) is 7.11 Å². The van der Waals surface area contributed by atoms with Crippen molar-refractivity contribution in [2.24, 2.45) is 0 Å². The number of halogens is 1. The van der Waals surface area contributed by atoms with Crippen molar-refractivity contribution in [1.29, 1.82) is 0 Å². The molecule has 1 N–H and O–H groups in total. The number of methoxy groups -OCH3 is 1. The molecule has 0 amide bonds. The molecule has 0 aromatic heterocycles. The minimum Gasteiger partial charge on any atom is -0.463 e. The molecule has 0 radical (unpaired) electrons. The van der Waals surface area contributed by atoms with Gasteiger partial charge in [-0.25, -0.2) is 0 Å². The third-order valence-corrected chi connectivity index (χ3v) is 9.60. The highest BCUT2D eigenvalue weighted by molar-refractivity contribution is 8.21. The Morgan fingerprint density at radius 1 is 0.569 bits per heavy atom. The highest BCUT2D eigenvalue weighted by Crippen LogP contribution is 2.15.